The molecule has 2 rings (SSSR count). The fourth-order valence-electron chi connectivity index (χ4n) is 2.88. The van der Waals surface area contributed by atoms with E-state index >= 15 is 0 Å². The van der Waals surface area contributed by atoms with Crippen molar-refractivity contribution in [2.75, 3.05) is 19.7 Å². The van der Waals surface area contributed by atoms with Crippen molar-refractivity contribution in [2.45, 2.75) is 38.1 Å². The quantitative estimate of drug-likeness (QED) is 0.453. The Hall–Kier alpha value is -1.73. The zero-order valence-corrected chi connectivity index (χ0v) is 12.0. The molecule has 0 saturated heterocycles. The maximum absolute atomic E-state index is 12.2. The molecular formula is C14H21N3O4. The molecule has 1 aliphatic carbocycles. The van der Waals surface area contributed by atoms with Gasteiger partial charge < -0.3 is 10.1 Å². The van der Waals surface area contributed by atoms with Gasteiger partial charge in [-0.2, -0.15) is 0 Å². The number of Topliss-reactive ketones (excluding diaryl/α,β-unsaturated/α-hetero) is 1. The van der Waals surface area contributed by atoms with Crippen molar-refractivity contribution in [2.24, 2.45) is 0 Å². The van der Waals surface area contributed by atoms with Gasteiger partial charge in [0.2, 0.25) is 0 Å². The predicted molar refractivity (Wildman–Crippen MR) is 77.3 cm³/mol. The summed E-state index contributed by atoms with van der Waals surface area (Å²) in [7, 11) is 0. The third-order valence-corrected chi connectivity index (χ3v) is 4.00. The number of aliphatic hydroxyl groups is 1. The number of aromatic amines is 1. The first-order chi connectivity index (χ1) is 10.1. The summed E-state index contributed by atoms with van der Waals surface area (Å²) >= 11 is 0. The smallest absolute Gasteiger partial charge is 0.287 e. The number of H-pyrrole nitrogens is 1. The van der Waals surface area contributed by atoms with E-state index in [-0.39, 0.29) is 30.3 Å². The minimum absolute atomic E-state index is 0.00859. The lowest BCUT2D eigenvalue weighted by atomic mass is 9.94. The predicted octanol–water partition coefficient (Wildman–Crippen LogP) is 1.73. The van der Waals surface area contributed by atoms with Crippen LogP contribution < -0.4 is 0 Å². The van der Waals surface area contributed by atoms with Crippen molar-refractivity contribution in [1.29, 1.82) is 0 Å². The number of hydrogen-bond acceptors (Lipinski definition) is 5. The molecule has 21 heavy (non-hydrogen) atoms. The van der Waals surface area contributed by atoms with Crippen molar-refractivity contribution in [3.05, 3.63) is 28.1 Å². The van der Waals surface area contributed by atoms with Crippen molar-refractivity contribution in [3.63, 3.8) is 0 Å². The Morgan fingerprint density at radius 1 is 1.43 bits per heavy atom. The Morgan fingerprint density at radius 2 is 2.14 bits per heavy atom. The van der Waals surface area contributed by atoms with Crippen LogP contribution in [0, 0.1) is 10.1 Å². The number of rotatable bonds is 7. The Balaban J connectivity index is 2.00. The molecule has 0 amide bonds. The van der Waals surface area contributed by atoms with Gasteiger partial charge in [0.1, 0.15) is 0 Å². The highest BCUT2D eigenvalue weighted by Crippen LogP contribution is 2.23. The van der Waals surface area contributed by atoms with E-state index in [1.807, 2.05) is 4.90 Å². The average molecular weight is 295 g/mol. The molecule has 0 atom stereocenters. The number of ketones is 1. The number of carbonyl (C=O) groups is 1. The highest BCUT2D eigenvalue weighted by molar-refractivity contribution is 5.96. The van der Waals surface area contributed by atoms with Crippen LogP contribution in [-0.2, 0) is 0 Å². The number of nitro groups is 1. The maximum atomic E-state index is 12.2. The summed E-state index contributed by atoms with van der Waals surface area (Å²) in [5, 5.41) is 19.8. The topological polar surface area (TPSA) is 99.5 Å². The lowest BCUT2D eigenvalue weighted by molar-refractivity contribution is -0.384. The summed E-state index contributed by atoms with van der Waals surface area (Å²) < 4.78 is 0. The molecule has 1 aromatic rings. The summed E-state index contributed by atoms with van der Waals surface area (Å²) in [6.07, 6.45) is 6.82. The van der Waals surface area contributed by atoms with Crippen LogP contribution in [0.2, 0.25) is 0 Å². The minimum Gasteiger partial charge on any atom is -0.395 e. The van der Waals surface area contributed by atoms with E-state index < -0.39 is 4.92 Å². The summed E-state index contributed by atoms with van der Waals surface area (Å²) in [6, 6.07) is 1.58. The Bertz CT molecular complexity index is 494. The molecule has 1 fully saturated rings. The molecule has 116 valence electrons. The summed E-state index contributed by atoms with van der Waals surface area (Å²) in [6.45, 7) is 0.650. The molecule has 0 spiro atoms. The highest BCUT2D eigenvalue weighted by atomic mass is 16.6. The SMILES string of the molecule is O=C(CN(CCO)C1CCCCC1)c1cc([N+](=O)[O-])c[nH]1. The number of nitrogens with one attached hydrogen (secondary N) is 1. The van der Waals surface area contributed by atoms with E-state index in [0.717, 1.165) is 25.7 Å². The van der Waals surface area contributed by atoms with Crippen molar-refractivity contribution in [1.82, 2.24) is 9.88 Å². The molecule has 0 aromatic carbocycles. The molecule has 2 N–H and O–H groups in total. The van der Waals surface area contributed by atoms with Gasteiger partial charge in [-0.1, -0.05) is 19.3 Å². The first kappa shape index (κ1) is 15.7. The van der Waals surface area contributed by atoms with Crippen LogP contribution in [0.5, 0.6) is 0 Å². The van der Waals surface area contributed by atoms with Crippen molar-refractivity contribution >= 4 is 11.5 Å². The van der Waals surface area contributed by atoms with Crippen molar-refractivity contribution in [3.8, 4) is 0 Å². The van der Waals surface area contributed by atoms with E-state index in [9.17, 15) is 20.0 Å². The molecule has 0 radical (unpaired) electrons. The summed E-state index contributed by atoms with van der Waals surface area (Å²) in [4.78, 5) is 27.0. The molecule has 7 heteroatoms. The number of aliphatic hydroxyl groups excluding tert-OH is 1. The van der Waals surface area contributed by atoms with Gasteiger partial charge in [0.05, 0.1) is 30.0 Å². The van der Waals surface area contributed by atoms with Crippen LogP contribution in [0.15, 0.2) is 12.3 Å². The van der Waals surface area contributed by atoms with Crippen LogP contribution in [0.4, 0.5) is 5.69 Å². The van der Waals surface area contributed by atoms with Gasteiger partial charge in [-0.05, 0) is 12.8 Å². The van der Waals surface area contributed by atoms with Crippen LogP contribution in [0.25, 0.3) is 0 Å². The Kier molecular flexibility index (Phi) is 5.46. The van der Waals surface area contributed by atoms with Gasteiger partial charge in [-0.25, -0.2) is 0 Å². The highest BCUT2D eigenvalue weighted by Gasteiger charge is 2.24. The van der Waals surface area contributed by atoms with Gasteiger partial charge in [0.25, 0.3) is 5.69 Å². The molecule has 0 aliphatic heterocycles. The number of nitrogens with zero attached hydrogens (tertiary/aromatic N) is 2. The van der Waals surface area contributed by atoms with E-state index in [4.69, 9.17) is 0 Å². The van der Waals surface area contributed by atoms with Gasteiger partial charge in [-0.15, -0.1) is 0 Å². The van der Waals surface area contributed by atoms with Gasteiger partial charge in [0.15, 0.2) is 5.78 Å². The molecule has 1 heterocycles. The second-order valence-corrected chi connectivity index (χ2v) is 5.44. The van der Waals surface area contributed by atoms with E-state index in [1.165, 1.54) is 18.7 Å². The average Bonchev–Trinajstić information content (AvgIpc) is 2.98. The maximum Gasteiger partial charge on any atom is 0.287 e. The number of hydrogen-bond donors (Lipinski definition) is 2. The molecule has 0 bridgehead atoms. The Morgan fingerprint density at radius 3 is 2.71 bits per heavy atom. The lowest BCUT2D eigenvalue weighted by Crippen LogP contribution is -2.42. The second-order valence-electron chi connectivity index (χ2n) is 5.44. The van der Waals surface area contributed by atoms with E-state index in [0.29, 0.717) is 12.6 Å². The van der Waals surface area contributed by atoms with Gasteiger partial charge >= 0.3 is 0 Å². The van der Waals surface area contributed by atoms with Crippen LogP contribution in [0.1, 0.15) is 42.6 Å². The van der Waals surface area contributed by atoms with Crippen LogP contribution in [0.3, 0.4) is 0 Å². The minimum atomic E-state index is -0.528. The first-order valence-corrected chi connectivity index (χ1v) is 7.32. The zero-order chi connectivity index (χ0) is 15.2. The zero-order valence-electron chi connectivity index (χ0n) is 12.0. The second kappa shape index (κ2) is 7.33. The summed E-state index contributed by atoms with van der Waals surface area (Å²) in [5.74, 6) is -0.179. The largest absolute Gasteiger partial charge is 0.395 e. The first-order valence-electron chi connectivity index (χ1n) is 7.32. The molecule has 1 aromatic heterocycles. The van der Waals surface area contributed by atoms with E-state index in [1.54, 1.807) is 0 Å². The number of aromatic nitrogens is 1. The van der Waals surface area contributed by atoms with Crippen LogP contribution in [-0.4, -0.2) is 51.4 Å². The third-order valence-electron chi connectivity index (χ3n) is 4.00. The van der Waals surface area contributed by atoms with Crippen molar-refractivity contribution < 1.29 is 14.8 Å². The monoisotopic (exact) mass is 295 g/mol. The fourth-order valence-corrected chi connectivity index (χ4v) is 2.88. The molecule has 1 aliphatic rings. The fraction of sp³-hybridized carbons (Fsp3) is 0.643. The summed E-state index contributed by atoms with van der Waals surface area (Å²) in [5.41, 5.74) is 0.144. The van der Waals surface area contributed by atoms with E-state index in [2.05, 4.69) is 4.98 Å². The van der Waals surface area contributed by atoms with Gasteiger partial charge in [0, 0.05) is 18.7 Å². The number of carbonyl (C=O) groups excluding carboxylic acids is 1. The normalized spacial score (nSPS) is 16.3. The van der Waals surface area contributed by atoms with Crippen LogP contribution >= 0.6 is 0 Å². The molecule has 7 nitrogen and oxygen atoms in total. The van der Waals surface area contributed by atoms with Gasteiger partial charge in [-0.3, -0.25) is 19.8 Å². The molecule has 1 saturated carbocycles. The lowest BCUT2D eigenvalue weighted by Gasteiger charge is -2.33. The standard InChI is InChI=1S/C14H21N3O4/c18-7-6-16(11-4-2-1-3-5-11)10-14(19)13-8-12(9-15-13)17(20)21/h8-9,11,15,18H,1-7,10H2. The molecule has 0 unspecified atom stereocenters. The third kappa shape index (κ3) is 4.12. The molecular weight excluding hydrogens is 274 g/mol. The Labute approximate surface area is 123 Å².